The fourth-order valence-corrected chi connectivity index (χ4v) is 2.63. The maximum Gasteiger partial charge on any atom is 0.237 e. The highest BCUT2D eigenvalue weighted by Crippen LogP contribution is 2.06. The summed E-state index contributed by atoms with van der Waals surface area (Å²) in [7, 11) is 0. The molecule has 0 unspecified atom stereocenters. The molecule has 0 aromatic heterocycles. The van der Waals surface area contributed by atoms with Gasteiger partial charge in [0.2, 0.25) is 5.91 Å². The number of nitrogens with one attached hydrogen (secondary N) is 1. The lowest BCUT2D eigenvalue weighted by atomic mass is 10.2. The molecule has 4 heteroatoms. The number of nitrogens with zero attached hydrogens (tertiary/aromatic N) is 2. The Kier molecular flexibility index (Phi) is 5.56. The Morgan fingerprint density at radius 3 is 2.80 bits per heavy atom. The molecule has 1 aromatic rings. The van der Waals surface area contributed by atoms with E-state index in [-0.39, 0.29) is 5.91 Å². The van der Waals surface area contributed by atoms with Crippen LogP contribution in [0.3, 0.4) is 0 Å². The summed E-state index contributed by atoms with van der Waals surface area (Å²) in [5.41, 5.74) is 1.19. The second-order valence-electron chi connectivity index (χ2n) is 5.48. The second kappa shape index (κ2) is 7.41. The summed E-state index contributed by atoms with van der Waals surface area (Å²) in [4.78, 5) is 16.6. The Morgan fingerprint density at radius 1 is 1.40 bits per heavy atom. The van der Waals surface area contributed by atoms with E-state index in [0.29, 0.717) is 19.1 Å². The lowest BCUT2D eigenvalue weighted by molar-refractivity contribution is -0.133. The Bertz CT molecular complexity index is 421. The molecule has 1 atom stereocenters. The molecule has 1 amide bonds. The molecule has 4 nitrogen and oxygen atoms in total. The number of carbonyl (C=O) groups excluding carboxylic acids is 1. The largest absolute Gasteiger partial charge is 0.338 e. The van der Waals surface area contributed by atoms with Gasteiger partial charge in [-0.3, -0.25) is 9.69 Å². The number of piperazine rings is 1. The number of hydrogen-bond acceptors (Lipinski definition) is 3. The van der Waals surface area contributed by atoms with Crippen molar-refractivity contribution < 1.29 is 4.79 Å². The summed E-state index contributed by atoms with van der Waals surface area (Å²) in [6.07, 6.45) is 0. The van der Waals surface area contributed by atoms with Crippen LogP contribution in [0.4, 0.5) is 0 Å². The Balaban J connectivity index is 1.88. The molecular weight excluding hydrogens is 250 g/mol. The first-order chi connectivity index (χ1) is 9.69. The predicted octanol–water partition coefficient (Wildman–Crippen LogP) is 1.33. The highest BCUT2D eigenvalue weighted by molar-refractivity contribution is 5.78. The van der Waals surface area contributed by atoms with Crippen LogP contribution in [0.1, 0.15) is 19.4 Å². The minimum atomic E-state index is 0.227. The van der Waals surface area contributed by atoms with E-state index in [4.69, 9.17) is 0 Å². The zero-order valence-corrected chi connectivity index (χ0v) is 12.5. The molecule has 1 aromatic carbocycles. The SMILES string of the molecule is CCN(Cc1ccccc1)C(=O)CN1CCN[C@@H](C)C1. The molecule has 20 heavy (non-hydrogen) atoms. The van der Waals surface area contributed by atoms with Crippen LogP contribution in [0.25, 0.3) is 0 Å². The van der Waals surface area contributed by atoms with E-state index in [2.05, 4.69) is 29.3 Å². The Labute approximate surface area is 121 Å². The van der Waals surface area contributed by atoms with Gasteiger partial charge in [0.05, 0.1) is 6.54 Å². The van der Waals surface area contributed by atoms with Crippen LogP contribution in [-0.4, -0.2) is 54.5 Å². The maximum atomic E-state index is 12.4. The van der Waals surface area contributed by atoms with Crippen LogP contribution in [0.2, 0.25) is 0 Å². The third-order valence-electron chi connectivity index (χ3n) is 3.76. The van der Waals surface area contributed by atoms with Crippen LogP contribution in [-0.2, 0) is 11.3 Å². The van der Waals surface area contributed by atoms with Gasteiger partial charge in [0.1, 0.15) is 0 Å². The van der Waals surface area contributed by atoms with E-state index in [1.165, 1.54) is 5.56 Å². The average Bonchev–Trinajstić information content (AvgIpc) is 2.45. The molecule has 0 radical (unpaired) electrons. The van der Waals surface area contributed by atoms with Crippen molar-refractivity contribution in [2.45, 2.75) is 26.4 Å². The van der Waals surface area contributed by atoms with Crippen LogP contribution >= 0.6 is 0 Å². The van der Waals surface area contributed by atoms with E-state index in [1.54, 1.807) is 0 Å². The molecule has 0 aliphatic carbocycles. The van der Waals surface area contributed by atoms with E-state index >= 15 is 0 Å². The number of carbonyl (C=O) groups is 1. The Morgan fingerprint density at radius 2 is 2.15 bits per heavy atom. The van der Waals surface area contributed by atoms with Crippen molar-refractivity contribution in [3.63, 3.8) is 0 Å². The zero-order chi connectivity index (χ0) is 14.4. The minimum Gasteiger partial charge on any atom is -0.338 e. The number of hydrogen-bond donors (Lipinski definition) is 1. The molecule has 0 bridgehead atoms. The van der Waals surface area contributed by atoms with Gasteiger partial charge in [0.25, 0.3) is 0 Å². The summed E-state index contributed by atoms with van der Waals surface area (Å²) < 4.78 is 0. The van der Waals surface area contributed by atoms with E-state index in [1.807, 2.05) is 30.0 Å². The number of benzene rings is 1. The fourth-order valence-electron chi connectivity index (χ4n) is 2.63. The fraction of sp³-hybridized carbons (Fsp3) is 0.562. The van der Waals surface area contributed by atoms with Crippen LogP contribution < -0.4 is 5.32 Å². The van der Waals surface area contributed by atoms with Crippen LogP contribution in [0.5, 0.6) is 0 Å². The molecule has 2 rings (SSSR count). The second-order valence-corrected chi connectivity index (χ2v) is 5.48. The lowest BCUT2D eigenvalue weighted by Gasteiger charge is -2.33. The predicted molar refractivity (Wildman–Crippen MR) is 81.4 cm³/mol. The number of likely N-dealkylation sites (N-methyl/N-ethyl adjacent to an activating group) is 1. The molecule has 1 fully saturated rings. The monoisotopic (exact) mass is 275 g/mol. The van der Waals surface area contributed by atoms with Gasteiger partial charge in [0.15, 0.2) is 0 Å². The van der Waals surface area contributed by atoms with Gasteiger partial charge >= 0.3 is 0 Å². The summed E-state index contributed by atoms with van der Waals surface area (Å²) in [5.74, 6) is 0.227. The standard InChI is InChI=1S/C16H25N3O/c1-3-19(12-15-7-5-4-6-8-15)16(20)13-18-10-9-17-14(2)11-18/h4-8,14,17H,3,9-13H2,1-2H3/t14-/m0/s1. The molecule has 1 saturated heterocycles. The zero-order valence-electron chi connectivity index (χ0n) is 12.5. The lowest BCUT2D eigenvalue weighted by Crippen LogP contribution is -2.52. The van der Waals surface area contributed by atoms with Gasteiger partial charge in [-0.05, 0) is 19.4 Å². The molecule has 0 spiro atoms. The van der Waals surface area contributed by atoms with Crippen molar-refractivity contribution in [2.75, 3.05) is 32.7 Å². The van der Waals surface area contributed by atoms with E-state index in [9.17, 15) is 4.79 Å². The molecule has 0 saturated carbocycles. The molecule has 1 aliphatic rings. The topological polar surface area (TPSA) is 35.6 Å². The smallest absolute Gasteiger partial charge is 0.237 e. The molecule has 1 N–H and O–H groups in total. The first-order valence-corrected chi connectivity index (χ1v) is 7.46. The van der Waals surface area contributed by atoms with Crippen molar-refractivity contribution in [3.05, 3.63) is 35.9 Å². The first kappa shape index (κ1) is 15.0. The Hall–Kier alpha value is -1.39. The van der Waals surface area contributed by atoms with Crippen molar-refractivity contribution in [1.29, 1.82) is 0 Å². The highest BCUT2D eigenvalue weighted by Gasteiger charge is 2.20. The van der Waals surface area contributed by atoms with Crippen molar-refractivity contribution in [2.24, 2.45) is 0 Å². The van der Waals surface area contributed by atoms with Gasteiger partial charge < -0.3 is 10.2 Å². The first-order valence-electron chi connectivity index (χ1n) is 7.46. The molecule has 110 valence electrons. The van der Waals surface area contributed by atoms with Gasteiger partial charge in [0, 0.05) is 38.8 Å². The van der Waals surface area contributed by atoms with Crippen molar-refractivity contribution in [3.8, 4) is 0 Å². The summed E-state index contributed by atoms with van der Waals surface area (Å²) in [5, 5.41) is 3.40. The highest BCUT2D eigenvalue weighted by atomic mass is 16.2. The number of rotatable bonds is 5. The quantitative estimate of drug-likeness (QED) is 0.880. The maximum absolute atomic E-state index is 12.4. The van der Waals surface area contributed by atoms with Crippen LogP contribution in [0, 0.1) is 0 Å². The summed E-state index contributed by atoms with van der Waals surface area (Å²) in [6.45, 7) is 9.09. The molecular formula is C16H25N3O. The summed E-state index contributed by atoms with van der Waals surface area (Å²) in [6, 6.07) is 10.7. The summed E-state index contributed by atoms with van der Waals surface area (Å²) >= 11 is 0. The normalized spacial score (nSPS) is 19.8. The van der Waals surface area contributed by atoms with Crippen molar-refractivity contribution in [1.82, 2.24) is 15.1 Å². The van der Waals surface area contributed by atoms with Gasteiger partial charge in [-0.15, -0.1) is 0 Å². The van der Waals surface area contributed by atoms with E-state index in [0.717, 1.165) is 26.2 Å². The third kappa shape index (κ3) is 4.32. The molecule has 1 aliphatic heterocycles. The minimum absolute atomic E-state index is 0.227. The third-order valence-corrected chi connectivity index (χ3v) is 3.76. The van der Waals surface area contributed by atoms with Gasteiger partial charge in [-0.25, -0.2) is 0 Å². The van der Waals surface area contributed by atoms with E-state index < -0.39 is 0 Å². The number of amides is 1. The van der Waals surface area contributed by atoms with Crippen LogP contribution in [0.15, 0.2) is 30.3 Å². The van der Waals surface area contributed by atoms with Gasteiger partial charge in [-0.2, -0.15) is 0 Å². The molecule has 1 heterocycles. The van der Waals surface area contributed by atoms with Gasteiger partial charge in [-0.1, -0.05) is 30.3 Å². The van der Waals surface area contributed by atoms with Crippen molar-refractivity contribution >= 4 is 5.91 Å². The average molecular weight is 275 g/mol.